The summed E-state index contributed by atoms with van der Waals surface area (Å²) in [6, 6.07) is 8.99. The van der Waals surface area contributed by atoms with Crippen molar-refractivity contribution in [2.24, 2.45) is 5.10 Å². The number of ether oxygens (including phenoxy) is 1. The molecule has 0 radical (unpaired) electrons. The normalized spacial score (nSPS) is 11.1. The number of aromatic amines is 1. The van der Waals surface area contributed by atoms with E-state index in [4.69, 9.17) is 4.74 Å². The van der Waals surface area contributed by atoms with Gasteiger partial charge < -0.3 is 4.74 Å². The quantitative estimate of drug-likeness (QED) is 0.309. The number of H-pyrrole nitrogens is 1. The number of aromatic nitrogens is 5. The van der Waals surface area contributed by atoms with Crippen LogP contribution in [0.3, 0.4) is 0 Å². The zero-order chi connectivity index (χ0) is 22.2. The van der Waals surface area contributed by atoms with Crippen molar-refractivity contribution in [2.75, 3.05) is 6.61 Å². The molecular weight excluding hydrogens is 398 g/mol. The summed E-state index contributed by atoms with van der Waals surface area (Å²) in [6.07, 6.45) is 4.86. The van der Waals surface area contributed by atoms with Crippen LogP contribution in [-0.2, 0) is 0 Å². The molecule has 1 amide bonds. The fourth-order valence-corrected chi connectivity index (χ4v) is 2.72. The van der Waals surface area contributed by atoms with Crippen LogP contribution in [0.25, 0.3) is 5.95 Å². The molecule has 2 heterocycles. The summed E-state index contributed by atoms with van der Waals surface area (Å²) in [6.45, 7) is 6.11. The molecule has 0 aliphatic carbocycles. The van der Waals surface area contributed by atoms with Gasteiger partial charge in [-0.25, -0.2) is 5.43 Å². The number of hydrazone groups is 1. The molecule has 162 valence electrons. The Bertz CT molecular complexity index is 1120. The number of carbonyl (C=O) groups excluding carboxylic acids is 1. The van der Waals surface area contributed by atoms with Gasteiger partial charge in [0.15, 0.2) is 0 Å². The molecule has 0 unspecified atom stereocenters. The van der Waals surface area contributed by atoms with Crippen LogP contribution in [0.15, 0.2) is 40.2 Å². The van der Waals surface area contributed by atoms with Crippen molar-refractivity contribution < 1.29 is 9.53 Å². The van der Waals surface area contributed by atoms with Gasteiger partial charge in [-0.1, -0.05) is 19.8 Å². The van der Waals surface area contributed by atoms with Crippen LogP contribution in [0.4, 0.5) is 0 Å². The minimum atomic E-state index is -0.504. The maximum Gasteiger partial charge on any atom is 0.290 e. The second kappa shape index (κ2) is 10.3. The molecule has 0 fully saturated rings. The molecule has 2 aromatic heterocycles. The number of unbranched alkanes of at least 4 members (excludes halogenated alkanes) is 2. The third-order valence-corrected chi connectivity index (χ3v) is 4.39. The molecule has 0 aliphatic heterocycles. The second-order valence-electron chi connectivity index (χ2n) is 6.97. The molecule has 10 heteroatoms. The first-order valence-corrected chi connectivity index (χ1v) is 10.0. The van der Waals surface area contributed by atoms with Crippen LogP contribution in [0.2, 0.25) is 0 Å². The highest BCUT2D eigenvalue weighted by molar-refractivity contribution is 5.93. The highest BCUT2D eigenvalue weighted by Gasteiger charge is 2.17. The smallest absolute Gasteiger partial charge is 0.290 e. The molecule has 0 saturated heterocycles. The predicted molar refractivity (Wildman–Crippen MR) is 116 cm³/mol. The average Bonchev–Trinajstić information content (AvgIpc) is 3.16. The van der Waals surface area contributed by atoms with E-state index in [9.17, 15) is 9.59 Å². The Labute approximate surface area is 179 Å². The van der Waals surface area contributed by atoms with Crippen LogP contribution < -0.4 is 15.7 Å². The molecule has 10 nitrogen and oxygen atoms in total. The van der Waals surface area contributed by atoms with Crippen LogP contribution in [0.1, 0.15) is 53.6 Å². The van der Waals surface area contributed by atoms with Gasteiger partial charge in [0.1, 0.15) is 17.1 Å². The van der Waals surface area contributed by atoms with Crippen LogP contribution >= 0.6 is 0 Å². The Morgan fingerprint density at radius 2 is 2.00 bits per heavy atom. The molecule has 0 atom stereocenters. The number of aryl methyl sites for hydroxylation is 2. The summed E-state index contributed by atoms with van der Waals surface area (Å²) in [5.41, 5.74) is 3.83. The van der Waals surface area contributed by atoms with Crippen LogP contribution in [0.5, 0.6) is 5.75 Å². The molecule has 1 aromatic carbocycles. The van der Waals surface area contributed by atoms with E-state index in [1.807, 2.05) is 24.3 Å². The maximum absolute atomic E-state index is 12.6. The summed E-state index contributed by atoms with van der Waals surface area (Å²) < 4.78 is 6.90. The summed E-state index contributed by atoms with van der Waals surface area (Å²) in [4.78, 5) is 26.9. The average molecular weight is 423 g/mol. The lowest BCUT2D eigenvalue weighted by Crippen LogP contribution is -2.24. The standard InChI is InChI=1S/C21H25N7O3/c1-4-5-6-11-31-17-9-7-16(8-10-17)13-22-25-20(30)18-12-14(2)27-28(18)21-23-19(29)15(3)24-26-21/h7-10,12-13H,4-6,11H2,1-3H3,(H,25,30)(H,23,26,29)/b22-13-. The Balaban J connectivity index is 1.64. The number of amides is 1. The molecular formula is C21H25N7O3. The SMILES string of the molecule is CCCCCOc1ccc(/C=N\NC(=O)c2cc(C)nn2-c2nnc(C)c(=O)[nH]2)cc1. The van der Waals surface area contributed by atoms with Gasteiger partial charge in [-0.05, 0) is 56.2 Å². The summed E-state index contributed by atoms with van der Waals surface area (Å²) in [7, 11) is 0. The third kappa shape index (κ3) is 5.84. The minimum absolute atomic E-state index is 0.0485. The number of hydrogen-bond acceptors (Lipinski definition) is 7. The summed E-state index contributed by atoms with van der Waals surface area (Å²) in [5, 5.41) is 15.9. The topological polar surface area (TPSA) is 127 Å². The van der Waals surface area contributed by atoms with Crippen molar-refractivity contribution in [3.63, 3.8) is 0 Å². The summed E-state index contributed by atoms with van der Waals surface area (Å²) in [5.74, 6) is 0.341. The van der Waals surface area contributed by atoms with Gasteiger partial charge in [0.05, 0.1) is 18.5 Å². The van der Waals surface area contributed by atoms with Gasteiger partial charge in [-0.2, -0.15) is 14.9 Å². The fourth-order valence-electron chi connectivity index (χ4n) is 2.72. The van der Waals surface area contributed by atoms with Gasteiger partial charge >= 0.3 is 0 Å². The number of benzene rings is 1. The van der Waals surface area contributed by atoms with Crippen molar-refractivity contribution in [1.82, 2.24) is 30.4 Å². The Morgan fingerprint density at radius 1 is 1.23 bits per heavy atom. The first kappa shape index (κ1) is 21.9. The van der Waals surface area contributed by atoms with E-state index in [1.54, 1.807) is 13.0 Å². The monoisotopic (exact) mass is 423 g/mol. The maximum atomic E-state index is 12.6. The number of rotatable bonds is 9. The van der Waals surface area contributed by atoms with Crippen molar-refractivity contribution in [3.8, 4) is 11.7 Å². The zero-order valence-electron chi connectivity index (χ0n) is 17.8. The van der Waals surface area contributed by atoms with E-state index in [1.165, 1.54) is 17.8 Å². The lowest BCUT2D eigenvalue weighted by molar-refractivity contribution is 0.0947. The lowest BCUT2D eigenvalue weighted by Gasteiger charge is -2.06. The van der Waals surface area contributed by atoms with Gasteiger partial charge in [0.2, 0.25) is 0 Å². The number of nitrogens with one attached hydrogen (secondary N) is 2. The van der Waals surface area contributed by atoms with E-state index in [-0.39, 0.29) is 17.3 Å². The van der Waals surface area contributed by atoms with E-state index >= 15 is 0 Å². The molecule has 0 bridgehead atoms. The highest BCUT2D eigenvalue weighted by atomic mass is 16.5. The molecule has 3 aromatic rings. The zero-order valence-corrected chi connectivity index (χ0v) is 17.8. The molecule has 2 N–H and O–H groups in total. The Kier molecular flexibility index (Phi) is 7.26. The number of nitrogens with zero attached hydrogens (tertiary/aromatic N) is 5. The van der Waals surface area contributed by atoms with E-state index in [0.29, 0.717) is 12.3 Å². The molecule has 3 rings (SSSR count). The largest absolute Gasteiger partial charge is 0.494 e. The second-order valence-corrected chi connectivity index (χ2v) is 6.97. The van der Waals surface area contributed by atoms with E-state index < -0.39 is 11.5 Å². The Morgan fingerprint density at radius 3 is 2.71 bits per heavy atom. The van der Waals surface area contributed by atoms with Gasteiger partial charge in [-0.3, -0.25) is 14.6 Å². The van der Waals surface area contributed by atoms with Gasteiger partial charge in [0, 0.05) is 0 Å². The molecule has 0 spiro atoms. The van der Waals surface area contributed by atoms with Crippen molar-refractivity contribution >= 4 is 12.1 Å². The van der Waals surface area contributed by atoms with Crippen molar-refractivity contribution in [3.05, 3.63) is 63.3 Å². The fraction of sp³-hybridized carbons (Fsp3) is 0.333. The number of carbonyl (C=O) groups is 1. The van der Waals surface area contributed by atoms with Crippen molar-refractivity contribution in [1.29, 1.82) is 0 Å². The third-order valence-electron chi connectivity index (χ3n) is 4.39. The molecule has 0 aliphatic rings. The van der Waals surface area contributed by atoms with Gasteiger partial charge in [-0.15, -0.1) is 10.2 Å². The van der Waals surface area contributed by atoms with E-state index in [2.05, 4.69) is 37.7 Å². The first-order chi connectivity index (χ1) is 15.0. The first-order valence-electron chi connectivity index (χ1n) is 10.0. The lowest BCUT2D eigenvalue weighted by atomic mass is 10.2. The molecule has 0 saturated carbocycles. The van der Waals surface area contributed by atoms with E-state index in [0.717, 1.165) is 30.6 Å². The predicted octanol–water partition coefficient (Wildman–Crippen LogP) is 2.30. The van der Waals surface area contributed by atoms with Crippen LogP contribution in [-0.4, -0.2) is 43.7 Å². The Hall–Kier alpha value is -3.82. The van der Waals surface area contributed by atoms with Crippen molar-refractivity contribution in [2.45, 2.75) is 40.0 Å². The minimum Gasteiger partial charge on any atom is -0.494 e. The summed E-state index contributed by atoms with van der Waals surface area (Å²) >= 11 is 0. The molecule has 31 heavy (non-hydrogen) atoms. The van der Waals surface area contributed by atoms with Crippen LogP contribution in [0, 0.1) is 13.8 Å². The van der Waals surface area contributed by atoms with Gasteiger partial charge in [0.25, 0.3) is 17.4 Å². The highest BCUT2D eigenvalue weighted by Crippen LogP contribution is 2.12. The number of hydrogen-bond donors (Lipinski definition) is 2.